The number of ether oxygens (including phenoxy) is 3. The number of sulfonamides is 1. The maximum Gasteiger partial charge on any atom is 0.355 e. The van der Waals surface area contributed by atoms with Gasteiger partial charge in [-0.3, -0.25) is 4.79 Å². The summed E-state index contributed by atoms with van der Waals surface area (Å²) in [4.78, 5) is 26.9. The van der Waals surface area contributed by atoms with E-state index in [9.17, 15) is 18.0 Å². The average molecular weight is 437 g/mol. The summed E-state index contributed by atoms with van der Waals surface area (Å²) in [5.74, 6) is -0.476. The van der Waals surface area contributed by atoms with Crippen LogP contribution in [0.1, 0.15) is 23.3 Å². The van der Waals surface area contributed by atoms with Crippen LogP contribution >= 0.6 is 0 Å². The van der Waals surface area contributed by atoms with Gasteiger partial charge in [0.2, 0.25) is 10.0 Å². The number of hydrogen-bond acceptors (Lipinski definition) is 7. The van der Waals surface area contributed by atoms with Crippen molar-refractivity contribution in [2.75, 3.05) is 39.2 Å². The third kappa shape index (κ3) is 4.74. The molecule has 2 N–H and O–H groups in total. The predicted octanol–water partition coefficient (Wildman–Crippen LogP) is 1.61. The average Bonchev–Trinajstić information content (AvgIpc) is 3.45. The molecule has 1 aliphatic rings. The fraction of sp³-hybridized carbons (Fsp3) is 0.368. The van der Waals surface area contributed by atoms with Gasteiger partial charge in [-0.05, 0) is 31.0 Å². The standard InChI is InChI=1S/C19H23N3O7S/c1-27-13-5-6-15(17(9-13)28-2)21-18(23)12-29-19(24)16-10-14(11-20-16)30(25,26)22-7-3-4-8-22/h5-6,9-11,20H,3-4,7-8,12H2,1-2H3,(H,21,23). The number of aromatic amines is 1. The molecule has 0 bridgehead atoms. The third-order valence-corrected chi connectivity index (χ3v) is 6.47. The van der Waals surface area contributed by atoms with Crippen molar-refractivity contribution in [2.24, 2.45) is 0 Å². The van der Waals surface area contributed by atoms with E-state index in [1.54, 1.807) is 18.2 Å². The molecule has 0 atom stereocenters. The number of H-pyrrole nitrogens is 1. The number of benzene rings is 1. The van der Waals surface area contributed by atoms with Crippen molar-refractivity contribution in [1.29, 1.82) is 0 Å². The molecular formula is C19H23N3O7S. The highest BCUT2D eigenvalue weighted by atomic mass is 32.2. The molecule has 1 aliphatic heterocycles. The SMILES string of the molecule is COc1ccc(NC(=O)COC(=O)c2cc(S(=O)(=O)N3CCCC3)c[nH]2)c(OC)c1. The van der Waals surface area contributed by atoms with Gasteiger partial charge >= 0.3 is 5.97 Å². The topological polar surface area (TPSA) is 127 Å². The first kappa shape index (κ1) is 21.7. The molecule has 1 amide bonds. The lowest BCUT2D eigenvalue weighted by Gasteiger charge is -2.13. The number of carbonyl (C=O) groups is 2. The maximum atomic E-state index is 12.5. The third-order valence-electron chi connectivity index (χ3n) is 4.60. The molecule has 0 saturated carbocycles. The van der Waals surface area contributed by atoms with E-state index in [0.29, 0.717) is 30.3 Å². The predicted molar refractivity (Wildman–Crippen MR) is 107 cm³/mol. The van der Waals surface area contributed by atoms with Crippen molar-refractivity contribution >= 4 is 27.6 Å². The molecule has 3 rings (SSSR count). The van der Waals surface area contributed by atoms with E-state index in [2.05, 4.69) is 10.3 Å². The number of nitrogens with zero attached hydrogens (tertiary/aromatic N) is 1. The fourth-order valence-corrected chi connectivity index (χ4v) is 4.53. The Morgan fingerprint density at radius 1 is 1.13 bits per heavy atom. The molecule has 0 radical (unpaired) electrons. The largest absolute Gasteiger partial charge is 0.497 e. The smallest absolute Gasteiger partial charge is 0.355 e. The zero-order chi connectivity index (χ0) is 21.7. The molecule has 1 saturated heterocycles. The molecule has 162 valence electrons. The van der Waals surface area contributed by atoms with Gasteiger partial charge in [0, 0.05) is 25.4 Å². The summed E-state index contributed by atoms with van der Waals surface area (Å²) >= 11 is 0. The Morgan fingerprint density at radius 3 is 2.53 bits per heavy atom. The summed E-state index contributed by atoms with van der Waals surface area (Å²) < 4.78 is 41.7. The van der Waals surface area contributed by atoms with Crippen molar-refractivity contribution < 1.29 is 32.2 Å². The molecule has 2 heterocycles. The first-order valence-electron chi connectivity index (χ1n) is 9.22. The zero-order valence-corrected chi connectivity index (χ0v) is 17.5. The van der Waals surface area contributed by atoms with Crippen LogP contribution in [-0.4, -0.2) is 63.5 Å². The van der Waals surface area contributed by atoms with Crippen LogP contribution in [0.3, 0.4) is 0 Å². The molecule has 0 unspecified atom stereocenters. The number of methoxy groups -OCH3 is 2. The van der Waals surface area contributed by atoms with Crippen LogP contribution in [-0.2, 0) is 19.6 Å². The summed E-state index contributed by atoms with van der Waals surface area (Å²) in [6.45, 7) is 0.367. The highest BCUT2D eigenvalue weighted by Gasteiger charge is 2.29. The fourth-order valence-electron chi connectivity index (χ4n) is 3.02. The summed E-state index contributed by atoms with van der Waals surface area (Å²) in [6, 6.07) is 6.05. The first-order valence-corrected chi connectivity index (χ1v) is 10.7. The van der Waals surface area contributed by atoms with E-state index in [1.165, 1.54) is 30.8 Å². The number of esters is 1. The molecule has 11 heteroatoms. The Labute approximate surface area is 174 Å². The lowest BCUT2D eigenvalue weighted by Crippen LogP contribution is -2.27. The van der Waals surface area contributed by atoms with Crippen molar-refractivity contribution in [3.63, 3.8) is 0 Å². The summed E-state index contributed by atoms with van der Waals surface area (Å²) in [5, 5.41) is 2.58. The quantitative estimate of drug-likeness (QED) is 0.601. The summed E-state index contributed by atoms with van der Waals surface area (Å²) in [5.41, 5.74) is 0.334. The number of nitrogens with one attached hydrogen (secondary N) is 2. The molecule has 10 nitrogen and oxygen atoms in total. The molecule has 0 spiro atoms. The van der Waals surface area contributed by atoms with Gasteiger partial charge in [0.1, 0.15) is 22.1 Å². The second kappa shape index (κ2) is 9.18. The van der Waals surface area contributed by atoms with Crippen molar-refractivity contribution in [3.05, 3.63) is 36.2 Å². The molecule has 1 aromatic heterocycles. The van der Waals surface area contributed by atoms with Crippen LogP contribution < -0.4 is 14.8 Å². The second-order valence-electron chi connectivity index (χ2n) is 6.55. The highest BCUT2D eigenvalue weighted by Crippen LogP contribution is 2.29. The number of hydrogen-bond donors (Lipinski definition) is 2. The van der Waals surface area contributed by atoms with Gasteiger partial charge in [-0.15, -0.1) is 0 Å². The van der Waals surface area contributed by atoms with Crippen LogP contribution in [0.15, 0.2) is 35.4 Å². The minimum Gasteiger partial charge on any atom is -0.497 e. The molecule has 30 heavy (non-hydrogen) atoms. The molecule has 0 aliphatic carbocycles. The number of anilines is 1. The van der Waals surface area contributed by atoms with Gasteiger partial charge in [-0.25, -0.2) is 13.2 Å². The van der Waals surface area contributed by atoms with E-state index < -0.39 is 28.5 Å². The van der Waals surface area contributed by atoms with Gasteiger partial charge in [-0.2, -0.15) is 4.31 Å². The van der Waals surface area contributed by atoms with Gasteiger partial charge in [0.15, 0.2) is 6.61 Å². The van der Waals surface area contributed by atoms with E-state index in [1.807, 2.05) is 0 Å². The maximum absolute atomic E-state index is 12.5. The Kier molecular flexibility index (Phi) is 6.63. The Bertz CT molecular complexity index is 1030. The molecule has 1 aromatic carbocycles. The Balaban J connectivity index is 1.58. The van der Waals surface area contributed by atoms with Crippen molar-refractivity contribution in [1.82, 2.24) is 9.29 Å². The van der Waals surface area contributed by atoms with Crippen LogP contribution in [0, 0.1) is 0 Å². The van der Waals surface area contributed by atoms with E-state index in [-0.39, 0.29) is 10.6 Å². The van der Waals surface area contributed by atoms with Crippen LogP contribution in [0.4, 0.5) is 5.69 Å². The monoisotopic (exact) mass is 437 g/mol. The zero-order valence-electron chi connectivity index (χ0n) is 16.6. The summed E-state index contributed by atoms with van der Waals surface area (Å²) in [6.07, 6.45) is 2.87. The number of rotatable bonds is 8. The van der Waals surface area contributed by atoms with Crippen LogP contribution in [0.25, 0.3) is 0 Å². The van der Waals surface area contributed by atoms with Gasteiger partial charge < -0.3 is 24.5 Å². The van der Waals surface area contributed by atoms with Crippen molar-refractivity contribution in [2.45, 2.75) is 17.7 Å². The van der Waals surface area contributed by atoms with Gasteiger partial charge in [0.25, 0.3) is 5.91 Å². The molecule has 1 fully saturated rings. The normalized spacial score (nSPS) is 14.3. The van der Waals surface area contributed by atoms with Gasteiger partial charge in [0.05, 0.1) is 19.9 Å². The van der Waals surface area contributed by atoms with Crippen LogP contribution in [0.5, 0.6) is 11.5 Å². The lowest BCUT2D eigenvalue weighted by atomic mass is 10.2. The van der Waals surface area contributed by atoms with E-state index >= 15 is 0 Å². The van der Waals surface area contributed by atoms with E-state index in [4.69, 9.17) is 14.2 Å². The summed E-state index contributed by atoms with van der Waals surface area (Å²) in [7, 11) is -0.689. The van der Waals surface area contributed by atoms with Gasteiger partial charge in [-0.1, -0.05) is 0 Å². The molecular weight excluding hydrogens is 414 g/mol. The van der Waals surface area contributed by atoms with E-state index in [0.717, 1.165) is 12.8 Å². The lowest BCUT2D eigenvalue weighted by molar-refractivity contribution is -0.119. The van der Waals surface area contributed by atoms with Crippen LogP contribution in [0.2, 0.25) is 0 Å². The first-order chi connectivity index (χ1) is 14.3. The second-order valence-corrected chi connectivity index (χ2v) is 8.49. The van der Waals surface area contributed by atoms with Crippen molar-refractivity contribution in [3.8, 4) is 11.5 Å². The minimum absolute atomic E-state index is 0.0104. The number of aromatic nitrogens is 1. The number of amides is 1. The minimum atomic E-state index is -3.65. The Morgan fingerprint density at radius 2 is 1.87 bits per heavy atom. The highest BCUT2D eigenvalue weighted by molar-refractivity contribution is 7.89. The molecule has 2 aromatic rings. The number of carbonyl (C=O) groups excluding carboxylic acids is 2. The Hall–Kier alpha value is -3.05.